The van der Waals surface area contributed by atoms with Crippen molar-refractivity contribution in [3.8, 4) is 5.75 Å². The average Bonchev–Trinajstić information content (AvgIpc) is 2.94. The second-order valence-corrected chi connectivity index (χ2v) is 9.16. The number of aryl methyl sites for hydroxylation is 4. The Kier molecular flexibility index (Phi) is 7.13. The highest BCUT2D eigenvalue weighted by atomic mass is 32.2. The van der Waals surface area contributed by atoms with Gasteiger partial charge in [-0.05, 0) is 104 Å². The molecule has 2 nitrogen and oxygen atoms in total. The maximum absolute atomic E-state index is 6.03. The predicted molar refractivity (Wildman–Crippen MR) is 129 cm³/mol. The van der Waals surface area contributed by atoms with Crippen LogP contribution in [0.25, 0.3) is 4.91 Å². The largest absolute Gasteiger partial charge is 0.496 e. The Morgan fingerprint density at radius 1 is 1.07 bits per heavy atom. The van der Waals surface area contributed by atoms with Crippen LogP contribution in [0.4, 0.5) is 5.69 Å². The number of thioether (sulfide) groups is 1. The molecule has 0 unspecified atom stereocenters. The number of ether oxygens (including phenoxy) is 1. The van der Waals surface area contributed by atoms with Gasteiger partial charge in [0.05, 0.1) is 7.11 Å². The lowest BCUT2D eigenvalue weighted by molar-refractivity contribution is 0.413. The fraction of sp³-hybridized carbons (Fsp3) is 0.385. The van der Waals surface area contributed by atoms with Crippen molar-refractivity contribution in [3.63, 3.8) is 0 Å². The highest BCUT2D eigenvalue weighted by Gasteiger charge is 2.15. The molecule has 3 rings (SSSR count). The van der Waals surface area contributed by atoms with Crippen molar-refractivity contribution in [3.05, 3.63) is 75.2 Å². The summed E-state index contributed by atoms with van der Waals surface area (Å²) in [6.07, 6.45) is 7.11. The van der Waals surface area contributed by atoms with Crippen molar-refractivity contribution in [2.75, 3.05) is 12.8 Å². The molecule has 2 N–H and O–H groups in total. The van der Waals surface area contributed by atoms with Crippen LogP contribution >= 0.6 is 11.8 Å². The van der Waals surface area contributed by atoms with Crippen LogP contribution in [0.2, 0.25) is 0 Å². The van der Waals surface area contributed by atoms with Gasteiger partial charge in [0.2, 0.25) is 0 Å². The number of hydrogen-bond acceptors (Lipinski definition) is 3. The molecule has 0 aromatic heterocycles. The molecule has 0 radical (unpaired) electrons. The Morgan fingerprint density at radius 3 is 2.45 bits per heavy atom. The van der Waals surface area contributed by atoms with Crippen LogP contribution in [0.1, 0.15) is 59.6 Å². The molecule has 2 aromatic carbocycles. The highest BCUT2D eigenvalue weighted by Crippen LogP contribution is 2.37. The topological polar surface area (TPSA) is 35.2 Å². The number of rotatable bonds is 6. The molecular weight excluding hydrogens is 374 g/mol. The third-order valence-electron chi connectivity index (χ3n) is 5.81. The molecule has 0 spiro atoms. The fourth-order valence-electron chi connectivity index (χ4n) is 3.99. The van der Waals surface area contributed by atoms with Crippen LogP contribution in [0, 0.1) is 13.8 Å². The average molecular weight is 408 g/mol. The number of benzene rings is 2. The van der Waals surface area contributed by atoms with Crippen molar-refractivity contribution in [1.82, 2.24) is 0 Å². The van der Waals surface area contributed by atoms with Gasteiger partial charge in [0.1, 0.15) is 5.75 Å². The molecule has 1 aliphatic carbocycles. The summed E-state index contributed by atoms with van der Waals surface area (Å²) in [6, 6.07) is 8.83. The lowest BCUT2D eigenvalue weighted by Crippen LogP contribution is -1.98. The Labute approximate surface area is 180 Å². The maximum Gasteiger partial charge on any atom is 0.127 e. The van der Waals surface area contributed by atoms with E-state index in [4.69, 9.17) is 10.5 Å². The number of nitrogen functional groups attached to an aromatic ring is 1. The molecular formula is C26H33NOS. The van der Waals surface area contributed by atoms with Crippen LogP contribution in [0.3, 0.4) is 0 Å². The standard InChI is InChI=1S/C26H33NOS/c1-17(11-23-12-19(3)25(27)13-18(23)2)16-29-20(4)24-14-21-9-7-6-8-10-22(21)15-26(24)28-5/h12-16H,4,6-11,27H2,1-3,5H3/b17-16+. The summed E-state index contributed by atoms with van der Waals surface area (Å²) in [4.78, 5) is 1.04. The minimum atomic E-state index is 0.867. The van der Waals surface area contributed by atoms with Crippen molar-refractivity contribution >= 4 is 22.4 Å². The Hall–Kier alpha value is -2.13. The number of anilines is 1. The zero-order chi connectivity index (χ0) is 21.0. The van der Waals surface area contributed by atoms with Crippen molar-refractivity contribution in [1.29, 1.82) is 0 Å². The number of allylic oxidation sites excluding steroid dienone is 1. The lowest BCUT2D eigenvalue weighted by atomic mass is 9.99. The summed E-state index contributed by atoms with van der Waals surface area (Å²) < 4.78 is 5.71. The van der Waals surface area contributed by atoms with Gasteiger partial charge in [-0.2, -0.15) is 0 Å². The Morgan fingerprint density at radius 2 is 1.76 bits per heavy atom. The predicted octanol–water partition coefficient (Wildman–Crippen LogP) is 7.01. The number of fused-ring (bicyclic) bond motifs is 1. The molecule has 0 bridgehead atoms. The van der Waals surface area contributed by atoms with Gasteiger partial charge in [-0.1, -0.05) is 36.4 Å². The molecule has 0 saturated carbocycles. The van der Waals surface area contributed by atoms with E-state index in [1.807, 2.05) is 0 Å². The normalized spacial score (nSPS) is 14.3. The van der Waals surface area contributed by atoms with Crippen LogP contribution in [-0.2, 0) is 19.3 Å². The molecule has 0 heterocycles. The van der Waals surface area contributed by atoms with Gasteiger partial charge in [0.15, 0.2) is 0 Å². The quantitative estimate of drug-likeness (QED) is 0.413. The molecule has 0 fully saturated rings. The fourth-order valence-corrected chi connectivity index (χ4v) is 4.71. The molecule has 0 amide bonds. The summed E-state index contributed by atoms with van der Waals surface area (Å²) in [5.74, 6) is 0.944. The number of nitrogens with two attached hydrogens (primary N) is 1. The third-order valence-corrected chi connectivity index (χ3v) is 6.84. The second kappa shape index (κ2) is 9.58. The van der Waals surface area contributed by atoms with Gasteiger partial charge in [0.25, 0.3) is 0 Å². The zero-order valence-electron chi connectivity index (χ0n) is 18.2. The summed E-state index contributed by atoms with van der Waals surface area (Å²) in [6.45, 7) is 10.7. The summed E-state index contributed by atoms with van der Waals surface area (Å²) in [5.41, 5.74) is 16.0. The van der Waals surface area contributed by atoms with E-state index >= 15 is 0 Å². The molecule has 0 atom stereocenters. The lowest BCUT2D eigenvalue weighted by Gasteiger charge is -2.15. The van der Waals surface area contributed by atoms with Gasteiger partial charge < -0.3 is 10.5 Å². The highest BCUT2D eigenvalue weighted by molar-refractivity contribution is 8.10. The van der Waals surface area contributed by atoms with E-state index in [0.29, 0.717) is 0 Å². The van der Waals surface area contributed by atoms with Crippen LogP contribution < -0.4 is 10.5 Å². The summed E-state index contributed by atoms with van der Waals surface area (Å²) in [7, 11) is 1.76. The maximum atomic E-state index is 6.03. The zero-order valence-corrected chi connectivity index (χ0v) is 19.0. The van der Waals surface area contributed by atoms with E-state index in [1.54, 1.807) is 18.9 Å². The number of methoxy groups -OCH3 is 1. The first-order chi connectivity index (χ1) is 13.9. The Balaban J connectivity index is 1.76. The monoisotopic (exact) mass is 407 g/mol. The molecule has 0 aliphatic heterocycles. The summed E-state index contributed by atoms with van der Waals surface area (Å²) >= 11 is 1.69. The van der Waals surface area contributed by atoms with Gasteiger partial charge >= 0.3 is 0 Å². The van der Waals surface area contributed by atoms with E-state index < -0.39 is 0 Å². The van der Waals surface area contributed by atoms with E-state index in [9.17, 15) is 0 Å². The van der Waals surface area contributed by atoms with Crippen molar-refractivity contribution < 1.29 is 4.74 Å². The second-order valence-electron chi connectivity index (χ2n) is 8.20. The molecule has 154 valence electrons. The molecule has 1 aliphatic rings. The van der Waals surface area contributed by atoms with Gasteiger partial charge in [-0.15, -0.1) is 0 Å². The van der Waals surface area contributed by atoms with E-state index in [1.165, 1.54) is 47.1 Å². The first kappa shape index (κ1) is 21.6. The van der Waals surface area contributed by atoms with Gasteiger partial charge in [0, 0.05) is 16.2 Å². The van der Waals surface area contributed by atoms with E-state index in [-0.39, 0.29) is 0 Å². The van der Waals surface area contributed by atoms with E-state index in [0.717, 1.165) is 46.7 Å². The van der Waals surface area contributed by atoms with Crippen LogP contribution in [0.15, 0.2) is 41.8 Å². The molecule has 0 saturated heterocycles. The van der Waals surface area contributed by atoms with Gasteiger partial charge in [-0.3, -0.25) is 0 Å². The third kappa shape index (κ3) is 5.27. The van der Waals surface area contributed by atoms with Crippen molar-refractivity contribution in [2.24, 2.45) is 0 Å². The first-order valence-electron chi connectivity index (χ1n) is 10.5. The van der Waals surface area contributed by atoms with Crippen LogP contribution in [0.5, 0.6) is 5.75 Å². The number of hydrogen-bond donors (Lipinski definition) is 1. The molecule has 2 aromatic rings. The molecule has 29 heavy (non-hydrogen) atoms. The smallest absolute Gasteiger partial charge is 0.127 e. The minimum absolute atomic E-state index is 0.867. The van der Waals surface area contributed by atoms with Crippen molar-refractivity contribution in [2.45, 2.75) is 59.3 Å². The molecule has 3 heteroatoms. The summed E-state index contributed by atoms with van der Waals surface area (Å²) in [5, 5.41) is 2.22. The van der Waals surface area contributed by atoms with Gasteiger partial charge in [-0.25, -0.2) is 0 Å². The minimum Gasteiger partial charge on any atom is -0.496 e. The first-order valence-corrected chi connectivity index (χ1v) is 11.3. The van der Waals surface area contributed by atoms with E-state index in [2.05, 4.69) is 57.0 Å². The van der Waals surface area contributed by atoms with Crippen LogP contribution in [-0.4, -0.2) is 7.11 Å². The Bertz CT molecular complexity index is 942. The SMILES string of the molecule is C=C(S/C=C(\C)Cc1cc(C)c(N)cc1C)c1cc2c(cc1OC)CCCCC2.